The van der Waals surface area contributed by atoms with Crippen molar-refractivity contribution in [3.63, 3.8) is 0 Å². The number of carboxylic acid groups (broad SMARTS) is 1. The van der Waals surface area contributed by atoms with E-state index in [9.17, 15) is 19.5 Å². The second-order valence-corrected chi connectivity index (χ2v) is 9.67. The SMILES string of the molecule is CCCCCCCCCCCCCC(=O)N(C(=O)OC(C)(C)C)[C@@H](CCCCN)C(=O)O. The maximum absolute atomic E-state index is 12.8. The van der Waals surface area contributed by atoms with Crippen LogP contribution in [0.1, 0.15) is 124 Å². The van der Waals surface area contributed by atoms with Gasteiger partial charge in [0.25, 0.3) is 0 Å². The minimum atomic E-state index is -1.23. The van der Waals surface area contributed by atoms with E-state index in [-0.39, 0.29) is 12.8 Å². The number of hydrogen-bond donors (Lipinski definition) is 2. The molecule has 7 nitrogen and oxygen atoms in total. The van der Waals surface area contributed by atoms with Gasteiger partial charge in [0.05, 0.1) is 0 Å². The Morgan fingerprint density at radius 1 is 0.844 bits per heavy atom. The molecule has 0 spiro atoms. The molecule has 0 aliphatic rings. The van der Waals surface area contributed by atoms with Gasteiger partial charge in [-0.05, 0) is 53.0 Å². The lowest BCUT2D eigenvalue weighted by molar-refractivity contribution is -0.150. The molecular formula is C25H48N2O5. The van der Waals surface area contributed by atoms with Gasteiger partial charge in [0, 0.05) is 6.42 Å². The summed E-state index contributed by atoms with van der Waals surface area (Å²) in [6, 6.07) is -1.23. The number of aliphatic carboxylic acids is 1. The molecule has 3 N–H and O–H groups in total. The zero-order valence-electron chi connectivity index (χ0n) is 21.0. The Labute approximate surface area is 195 Å². The first kappa shape index (κ1) is 30.4. The Morgan fingerprint density at radius 3 is 1.78 bits per heavy atom. The van der Waals surface area contributed by atoms with Crippen LogP contribution >= 0.6 is 0 Å². The minimum Gasteiger partial charge on any atom is -0.480 e. The number of imide groups is 1. The number of hydrogen-bond acceptors (Lipinski definition) is 5. The van der Waals surface area contributed by atoms with E-state index in [2.05, 4.69) is 6.92 Å². The second kappa shape index (κ2) is 17.9. The minimum absolute atomic E-state index is 0.150. The van der Waals surface area contributed by atoms with Gasteiger partial charge in [-0.25, -0.2) is 14.5 Å². The van der Waals surface area contributed by atoms with Crippen LogP contribution in [0.15, 0.2) is 0 Å². The monoisotopic (exact) mass is 456 g/mol. The maximum Gasteiger partial charge on any atom is 0.417 e. The number of ether oxygens (including phenoxy) is 1. The van der Waals surface area contributed by atoms with Crippen molar-refractivity contribution in [3.8, 4) is 0 Å². The van der Waals surface area contributed by atoms with Crippen LogP contribution in [0, 0.1) is 0 Å². The highest BCUT2D eigenvalue weighted by Gasteiger charge is 2.36. The fourth-order valence-electron chi connectivity index (χ4n) is 3.62. The van der Waals surface area contributed by atoms with Crippen molar-refractivity contribution in [1.82, 2.24) is 4.90 Å². The first-order chi connectivity index (χ1) is 15.1. The molecule has 0 aromatic heterocycles. The normalized spacial score (nSPS) is 12.4. The van der Waals surface area contributed by atoms with Crippen LogP contribution in [0.2, 0.25) is 0 Å². The van der Waals surface area contributed by atoms with Crippen molar-refractivity contribution in [2.75, 3.05) is 6.54 Å². The Kier molecular flexibility index (Phi) is 17.0. The molecule has 0 radical (unpaired) electrons. The third-order valence-electron chi connectivity index (χ3n) is 5.38. The van der Waals surface area contributed by atoms with E-state index >= 15 is 0 Å². The second-order valence-electron chi connectivity index (χ2n) is 9.67. The number of carboxylic acids is 1. The predicted octanol–water partition coefficient (Wildman–Crippen LogP) is 6.03. The van der Waals surface area contributed by atoms with Gasteiger partial charge >= 0.3 is 12.1 Å². The summed E-state index contributed by atoms with van der Waals surface area (Å²) >= 11 is 0. The van der Waals surface area contributed by atoms with Gasteiger partial charge in [0.2, 0.25) is 5.91 Å². The van der Waals surface area contributed by atoms with E-state index in [0.29, 0.717) is 25.8 Å². The highest BCUT2D eigenvalue weighted by atomic mass is 16.6. The van der Waals surface area contributed by atoms with Crippen LogP contribution in [0.3, 0.4) is 0 Å². The molecule has 1 atom stereocenters. The van der Waals surface area contributed by atoms with Gasteiger partial charge < -0.3 is 15.6 Å². The van der Waals surface area contributed by atoms with Gasteiger partial charge in [0.1, 0.15) is 11.6 Å². The van der Waals surface area contributed by atoms with E-state index in [0.717, 1.165) is 24.2 Å². The fraction of sp³-hybridized carbons (Fsp3) is 0.880. The van der Waals surface area contributed by atoms with Crippen molar-refractivity contribution in [2.24, 2.45) is 5.73 Å². The summed E-state index contributed by atoms with van der Waals surface area (Å²) in [7, 11) is 0. The van der Waals surface area contributed by atoms with Crippen LogP contribution in [-0.4, -0.2) is 46.2 Å². The number of carbonyl (C=O) groups excluding carboxylic acids is 2. The summed E-state index contributed by atoms with van der Waals surface area (Å²) in [5, 5.41) is 9.67. The highest BCUT2D eigenvalue weighted by Crippen LogP contribution is 2.19. The lowest BCUT2D eigenvalue weighted by Gasteiger charge is -2.30. The van der Waals surface area contributed by atoms with E-state index in [4.69, 9.17) is 10.5 Å². The summed E-state index contributed by atoms with van der Waals surface area (Å²) < 4.78 is 5.34. The number of unbranched alkanes of at least 4 members (excludes halogenated alkanes) is 11. The van der Waals surface area contributed by atoms with Crippen molar-refractivity contribution in [2.45, 2.75) is 136 Å². The van der Waals surface area contributed by atoms with E-state index in [1.807, 2.05) is 0 Å². The van der Waals surface area contributed by atoms with E-state index in [1.54, 1.807) is 20.8 Å². The van der Waals surface area contributed by atoms with Gasteiger partial charge in [-0.3, -0.25) is 4.79 Å². The summed E-state index contributed by atoms with van der Waals surface area (Å²) in [4.78, 5) is 38.2. The first-order valence-electron chi connectivity index (χ1n) is 12.6. The fourth-order valence-corrected chi connectivity index (χ4v) is 3.62. The zero-order valence-corrected chi connectivity index (χ0v) is 21.0. The number of nitrogens with zero attached hydrogens (tertiary/aromatic N) is 1. The average Bonchev–Trinajstić information content (AvgIpc) is 2.69. The van der Waals surface area contributed by atoms with Crippen LogP contribution < -0.4 is 5.73 Å². The molecule has 0 aromatic carbocycles. The predicted molar refractivity (Wildman–Crippen MR) is 128 cm³/mol. The molecule has 32 heavy (non-hydrogen) atoms. The molecule has 0 saturated carbocycles. The lowest BCUT2D eigenvalue weighted by atomic mass is 10.0. The van der Waals surface area contributed by atoms with E-state index in [1.165, 1.54) is 44.9 Å². The molecule has 0 fully saturated rings. The average molecular weight is 457 g/mol. The standard InChI is InChI=1S/C25H48N2O5/c1-5-6-7-8-9-10-11-12-13-14-15-19-22(28)27(24(31)32-25(2,3)4)21(23(29)30)18-16-17-20-26/h21H,5-20,26H2,1-4H3,(H,29,30)/t21-/m0/s1. The molecular weight excluding hydrogens is 408 g/mol. The maximum atomic E-state index is 12.8. The molecule has 0 heterocycles. The van der Waals surface area contributed by atoms with Crippen LogP contribution in [0.5, 0.6) is 0 Å². The topological polar surface area (TPSA) is 110 Å². The Bertz CT molecular complexity index is 531. The van der Waals surface area contributed by atoms with Crippen LogP contribution in [0.25, 0.3) is 0 Å². The van der Waals surface area contributed by atoms with Crippen molar-refractivity contribution < 1.29 is 24.2 Å². The Hall–Kier alpha value is -1.63. The van der Waals surface area contributed by atoms with Crippen molar-refractivity contribution in [1.29, 1.82) is 0 Å². The molecule has 188 valence electrons. The summed E-state index contributed by atoms with van der Waals surface area (Å²) in [5.41, 5.74) is 4.69. The van der Waals surface area contributed by atoms with Crippen LogP contribution in [0.4, 0.5) is 4.79 Å². The van der Waals surface area contributed by atoms with Crippen molar-refractivity contribution in [3.05, 3.63) is 0 Å². The Balaban J connectivity index is 4.60. The third-order valence-corrected chi connectivity index (χ3v) is 5.38. The molecule has 0 bridgehead atoms. The number of nitrogens with two attached hydrogens (primary N) is 1. The molecule has 0 aliphatic carbocycles. The first-order valence-corrected chi connectivity index (χ1v) is 12.6. The summed E-state index contributed by atoms with van der Waals surface area (Å²) in [6.45, 7) is 7.75. The highest BCUT2D eigenvalue weighted by molar-refractivity contribution is 5.96. The number of rotatable bonds is 18. The van der Waals surface area contributed by atoms with Gasteiger partial charge in [-0.15, -0.1) is 0 Å². The lowest BCUT2D eigenvalue weighted by Crippen LogP contribution is -2.50. The molecule has 0 unspecified atom stereocenters. The number of carbonyl (C=O) groups is 3. The molecule has 0 rings (SSSR count). The molecule has 0 aromatic rings. The van der Waals surface area contributed by atoms with Gasteiger partial charge in [-0.2, -0.15) is 0 Å². The van der Waals surface area contributed by atoms with Crippen LogP contribution in [-0.2, 0) is 14.3 Å². The van der Waals surface area contributed by atoms with E-state index < -0.39 is 29.6 Å². The number of amides is 2. The Morgan fingerprint density at radius 2 is 1.34 bits per heavy atom. The molecule has 0 aliphatic heterocycles. The summed E-state index contributed by atoms with van der Waals surface area (Å²) in [5.74, 6) is -1.67. The van der Waals surface area contributed by atoms with Crippen molar-refractivity contribution >= 4 is 18.0 Å². The zero-order chi connectivity index (χ0) is 24.4. The largest absolute Gasteiger partial charge is 0.480 e. The smallest absolute Gasteiger partial charge is 0.417 e. The summed E-state index contributed by atoms with van der Waals surface area (Å²) in [6.07, 6.45) is 13.4. The third kappa shape index (κ3) is 15.2. The quantitative estimate of drug-likeness (QED) is 0.244. The van der Waals surface area contributed by atoms with Gasteiger partial charge in [0.15, 0.2) is 0 Å². The molecule has 0 saturated heterocycles. The molecule has 2 amide bonds. The van der Waals surface area contributed by atoms with Gasteiger partial charge in [-0.1, -0.05) is 71.1 Å². The molecule has 7 heteroatoms.